The average Bonchev–Trinajstić information content (AvgIpc) is 3.29. The van der Waals surface area contributed by atoms with Gasteiger partial charge in [0.1, 0.15) is 17.3 Å². The lowest BCUT2D eigenvalue weighted by Crippen LogP contribution is -2.27. The highest BCUT2D eigenvalue weighted by Crippen LogP contribution is 2.25. The standard InChI is InChI=1S/C21H19ClFN5OS/c1-12-16-11-13(22)3-8-17(16)25-19(12)20(29)24-10-9-18-26-27-21(30-2)28(18)15-6-4-14(23)5-7-15/h3-8,11,25H,9-10H2,1-2H3,(H,24,29). The molecule has 4 aromatic rings. The normalized spacial score (nSPS) is 11.2. The van der Waals surface area contributed by atoms with E-state index in [0.29, 0.717) is 34.7 Å². The Labute approximate surface area is 181 Å². The number of halogens is 2. The Bertz CT molecular complexity index is 1220. The molecule has 0 saturated carbocycles. The number of nitrogens with one attached hydrogen (secondary N) is 2. The first-order chi connectivity index (χ1) is 14.5. The smallest absolute Gasteiger partial charge is 0.268 e. The van der Waals surface area contributed by atoms with Gasteiger partial charge >= 0.3 is 0 Å². The van der Waals surface area contributed by atoms with Crippen LogP contribution < -0.4 is 5.32 Å². The average molecular weight is 444 g/mol. The number of aromatic amines is 1. The second-order valence-corrected chi connectivity index (χ2v) is 7.95. The number of aryl methyl sites for hydroxylation is 1. The van der Waals surface area contributed by atoms with Crippen molar-refractivity contribution < 1.29 is 9.18 Å². The van der Waals surface area contributed by atoms with Crippen molar-refractivity contribution in [1.82, 2.24) is 25.1 Å². The predicted molar refractivity (Wildman–Crippen MR) is 117 cm³/mol. The zero-order valence-corrected chi connectivity index (χ0v) is 17.9. The van der Waals surface area contributed by atoms with Crippen LogP contribution in [0.2, 0.25) is 5.02 Å². The van der Waals surface area contributed by atoms with E-state index in [1.807, 2.05) is 29.9 Å². The molecule has 0 radical (unpaired) electrons. The monoisotopic (exact) mass is 443 g/mol. The number of H-pyrrole nitrogens is 1. The van der Waals surface area contributed by atoms with Gasteiger partial charge in [0.25, 0.3) is 5.91 Å². The summed E-state index contributed by atoms with van der Waals surface area (Å²) in [7, 11) is 0. The number of carbonyl (C=O) groups excluding carboxylic acids is 1. The molecule has 2 aromatic heterocycles. The number of aromatic nitrogens is 4. The third kappa shape index (κ3) is 3.93. The molecule has 2 heterocycles. The second kappa shape index (κ2) is 8.49. The van der Waals surface area contributed by atoms with E-state index < -0.39 is 0 Å². The molecule has 2 aromatic carbocycles. The van der Waals surface area contributed by atoms with Gasteiger partial charge in [0.05, 0.1) is 0 Å². The molecule has 6 nitrogen and oxygen atoms in total. The Balaban J connectivity index is 1.50. The third-order valence-electron chi connectivity index (χ3n) is 4.85. The van der Waals surface area contributed by atoms with E-state index in [1.54, 1.807) is 18.2 Å². The molecule has 2 N–H and O–H groups in total. The van der Waals surface area contributed by atoms with Gasteiger partial charge in [0, 0.05) is 34.6 Å². The molecule has 9 heteroatoms. The first-order valence-corrected chi connectivity index (χ1v) is 10.9. The summed E-state index contributed by atoms with van der Waals surface area (Å²) >= 11 is 7.52. The highest BCUT2D eigenvalue weighted by Gasteiger charge is 2.17. The van der Waals surface area contributed by atoms with Crippen molar-refractivity contribution in [3.8, 4) is 5.69 Å². The lowest BCUT2D eigenvalue weighted by Gasteiger charge is -2.10. The number of carbonyl (C=O) groups is 1. The van der Waals surface area contributed by atoms with E-state index in [2.05, 4.69) is 20.5 Å². The molecule has 4 rings (SSSR count). The van der Waals surface area contributed by atoms with Gasteiger partial charge in [-0.25, -0.2) is 4.39 Å². The minimum atomic E-state index is -0.304. The predicted octanol–water partition coefficient (Wildman–Crippen LogP) is 4.54. The molecule has 0 unspecified atom stereocenters. The van der Waals surface area contributed by atoms with Crippen molar-refractivity contribution >= 4 is 40.2 Å². The molecule has 0 aliphatic rings. The summed E-state index contributed by atoms with van der Waals surface area (Å²) in [5.41, 5.74) is 3.00. The summed E-state index contributed by atoms with van der Waals surface area (Å²) in [5, 5.41) is 13.6. The summed E-state index contributed by atoms with van der Waals surface area (Å²) in [6.45, 7) is 2.27. The molecule has 1 amide bonds. The summed E-state index contributed by atoms with van der Waals surface area (Å²) in [6.07, 6.45) is 2.38. The van der Waals surface area contributed by atoms with Crippen molar-refractivity contribution in [2.24, 2.45) is 0 Å². The quantitative estimate of drug-likeness (QED) is 0.429. The maximum atomic E-state index is 13.3. The van der Waals surface area contributed by atoms with Gasteiger partial charge in [-0.05, 0) is 61.2 Å². The number of amides is 1. The van der Waals surface area contributed by atoms with Gasteiger partial charge in [0.2, 0.25) is 0 Å². The molecule has 0 atom stereocenters. The fraction of sp³-hybridized carbons (Fsp3) is 0.190. The van der Waals surface area contributed by atoms with Crippen molar-refractivity contribution in [3.05, 3.63) is 70.4 Å². The van der Waals surface area contributed by atoms with E-state index in [-0.39, 0.29) is 11.7 Å². The van der Waals surface area contributed by atoms with Crippen molar-refractivity contribution in [2.75, 3.05) is 12.8 Å². The van der Waals surface area contributed by atoms with Crippen LogP contribution in [0.25, 0.3) is 16.6 Å². The number of nitrogens with zero attached hydrogens (tertiary/aromatic N) is 3. The van der Waals surface area contributed by atoms with Crippen LogP contribution in [0, 0.1) is 12.7 Å². The fourth-order valence-corrected chi connectivity index (χ4v) is 4.03. The Morgan fingerprint density at radius 3 is 2.73 bits per heavy atom. The van der Waals surface area contributed by atoms with Crippen LogP contribution in [0.5, 0.6) is 0 Å². The van der Waals surface area contributed by atoms with E-state index in [4.69, 9.17) is 11.6 Å². The lowest BCUT2D eigenvalue weighted by molar-refractivity contribution is 0.0949. The van der Waals surface area contributed by atoms with Crippen LogP contribution in [0.1, 0.15) is 21.9 Å². The van der Waals surface area contributed by atoms with Crippen molar-refractivity contribution in [2.45, 2.75) is 18.5 Å². The molecule has 0 bridgehead atoms. The van der Waals surface area contributed by atoms with E-state index in [1.165, 1.54) is 23.9 Å². The fourth-order valence-electron chi connectivity index (χ4n) is 3.35. The minimum absolute atomic E-state index is 0.197. The first-order valence-electron chi connectivity index (χ1n) is 9.28. The van der Waals surface area contributed by atoms with Gasteiger partial charge in [-0.1, -0.05) is 23.4 Å². The third-order valence-corrected chi connectivity index (χ3v) is 5.71. The van der Waals surface area contributed by atoms with Gasteiger partial charge < -0.3 is 10.3 Å². The van der Waals surface area contributed by atoms with Crippen molar-refractivity contribution in [1.29, 1.82) is 0 Å². The highest BCUT2D eigenvalue weighted by atomic mass is 35.5. The van der Waals surface area contributed by atoms with Gasteiger partial charge in [-0.2, -0.15) is 0 Å². The first kappa shape index (κ1) is 20.4. The molecule has 154 valence electrons. The molecule has 0 saturated heterocycles. The van der Waals surface area contributed by atoms with Crippen LogP contribution in [-0.4, -0.2) is 38.5 Å². The van der Waals surface area contributed by atoms with Gasteiger partial charge in [0.15, 0.2) is 5.16 Å². The number of fused-ring (bicyclic) bond motifs is 1. The van der Waals surface area contributed by atoms with Crippen LogP contribution in [-0.2, 0) is 6.42 Å². The van der Waals surface area contributed by atoms with Gasteiger partial charge in [-0.3, -0.25) is 9.36 Å². The Morgan fingerprint density at radius 2 is 2.00 bits per heavy atom. The highest BCUT2D eigenvalue weighted by molar-refractivity contribution is 7.98. The van der Waals surface area contributed by atoms with Crippen LogP contribution in [0.4, 0.5) is 4.39 Å². The summed E-state index contributed by atoms with van der Waals surface area (Å²) < 4.78 is 15.2. The topological polar surface area (TPSA) is 75.6 Å². The molecule has 0 fully saturated rings. The van der Waals surface area contributed by atoms with Crippen LogP contribution >= 0.6 is 23.4 Å². The van der Waals surface area contributed by atoms with Gasteiger partial charge in [-0.15, -0.1) is 10.2 Å². The summed E-state index contributed by atoms with van der Waals surface area (Å²) in [6, 6.07) is 11.6. The number of hydrogen-bond donors (Lipinski definition) is 2. The molecule has 0 spiro atoms. The maximum absolute atomic E-state index is 13.3. The zero-order valence-electron chi connectivity index (χ0n) is 16.4. The summed E-state index contributed by atoms with van der Waals surface area (Å²) in [5.74, 6) is 0.186. The van der Waals surface area contributed by atoms with E-state index >= 15 is 0 Å². The largest absolute Gasteiger partial charge is 0.350 e. The van der Waals surface area contributed by atoms with Crippen molar-refractivity contribution in [3.63, 3.8) is 0 Å². The SMILES string of the molecule is CSc1nnc(CCNC(=O)c2[nH]c3ccc(Cl)cc3c2C)n1-c1ccc(F)cc1. The number of benzene rings is 2. The molecule has 30 heavy (non-hydrogen) atoms. The lowest BCUT2D eigenvalue weighted by atomic mass is 10.1. The van der Waals surface area contributed by atoms with Crippen LogP contribution in [0.3, 0.4) is 0 Å². The Kier molecular flexibility index (Phi) is 5.78. The minimum Gasteiger partial charge on any atom is -0.350 e. The second-order valence-electron chi connectivity index (χ2n) is 6.74. The molecule has 0 aliphatic heterocycles. The van der Waals surface area contributed by atoms with Crippen LogP contribution in [0.15, 0.2) is 47.6 Å². The Hall–Kier alpha value is -2.84. The number of hydrogen-bond acceptors (Lipinski definition) is 4. The number of rotatable bonds is 6. The molecular formula is C21H19ClFN5OS. The zero-order chi connectivity index (χ0) is 21.3. The summed E-state index contributed by atoms with van der Waals surface area (Å²) in [4.78, 5) is 15.9. The number of thioether (sulfide) groups is 1. The molecule has 0 aliphatic carbocycles. The Morgan fingerprint density at radius 1 is 1.23 bits per heavy atom. The molecular weight excluding hydrogens is 425 g/mol. The van der Waals surface area contributed by atoms with E-state index in [9.17, 15) is 9.18 Å². The van der Waals surface area contributed by atoms with E-state index in [0.717, 1.165) is 22.2 Å². The maximum Gasteiger partial charge on any atom is 0.268 e.